The molecule has 5 nitrogen and oxygen atoms in total. The van der Waals surface area contributed by atoms with Gasteiger partial charge in [0.1, 0.15) is 11.5 Å². The Kier molecular flexibility index (Phi) is 4.44. The number of allylic oxidation sites excluding steroid dienone is 1. The van der Waals surface area contributed by atoms with Gasteiger partial charge in [0.2, 0.25) is 0 Å². The zero-order valence-electron chi connectivity index (χ0n) is 22.7. The summed E-state index contributed by atoms with van der Waals surface area (Å²) in [4.78, 5) is 26.8. The van der Waals surface area contributed by atoms with Crippen molar-refractivity contribution in [3.8, 4) is 0 Å². The fraction of sp³-hybridized carbons (Fsp3) is 0.867. The van der Waals surface area contributed by atoms with Gasteiger partial charge in [0, 0.05) is 11.3 Å². The lowest BCUT2D eigenvalue weighted by Crippen LogP contribution is -2.73. The van der Waals surface area contributed by atoms with Crippen molar-refractivity contribution < 1.29 is 24.5 Å². The van der Waals surface area contributed by atoms with Crippen LogP contribution in [0.1, 0.15) is 99.8 Å². The minimum Gasteiger partial charge on any atom is -0.461 e. The third-order valence-corrected chi connectivity index (χ3v) is 13.5. The van der Waals surface area contributed by atoms with Crippen LogP contribution in [-0.4, -0.2) is 39.8 Å². The molecule has 1 saturated heterocycles. The summed E-state index contributed by atoms with van der Waals surface area (Å²) in [6.07, 6.45) is 7.66. The van der Waals surface area contributed by atoms with Crippen LogP contribution in [0.25, 0.3) is 0 Å². The summed E-state index contributed by atoms with van der Waals surface area (Å²) >= 11 is 0. The van der Waals surface area contributed by atoms with Gasteiger partial charge in [-0.1, -0.05) is 41.5 Å². The molecule has 6 rings (SSSR count). The fourth-order valence-electron chi connectivity index (χ4n) is 10.9. The highest BCUT2D eigenvalue weighted by Gasteiger charge is 2.75. The number of carbonyl (C=O) groups excluding carboxylic acids is 2. The molecule has 6 aliphatic rings. The summed E-state index contributed by atoms with van der Waals surface area (Å²) in [7, 11) is 0. The zero-order chi connectivity index (χ0) is 25.6. The molecular formula is C30H44O5. The first-order valence-electron chi connectivity index (χ1n) is 13.9. The van der Waals surface area contributed by atoms with E-state index in [4.69, 9.17) is 4.74 Å². The van der Waals surface area contributed by atoms with E-state index in [-0.39, 0.29) is 57.5 Å². The van der Waals surface area contributed by atoms with E-state index < -0.39 is 16.4 Å². The summed E-state index contributed by atoms with van der Waals surface area (Å²) in [5, 5.41) is 23.5. The van der Waals surface area contributed by atoms with Gasteiger partial charge in [0.05, 0.1) is 11.7 Å². The lowest BCUT2D eigenvalue weighted by Gasteiger charge is -2.72. The molecule has 0 aromatic heterocycles. The highest BCUT2D eigenvalue weighted by molar-refractivity contribution is 5.96. The number of fused-ring (bicyclic) bond motifs is 8. The number of aliphatic hydroxyl groups is 2. The summed E-state index contributed by atoms with van der Waals surface area (Å²) < 4.78 is 5.54. The number of esters is 1. The van der Waals surface area contributed by atoms with Gasteiger partial charge in [-0.3, -0.25) is 9.59 Å². The van der Waals surface area contributed by atoms with E-state index in [9.17, 15) is 19.8 Å². The van der Waals surface area contributed by atoms with Crippen LogP contribution in [0.15, 0.2) is 11.6 Å². The molecule has 0 unspecified atom stereocenters. The Morgan fingerprint density at radius 2 is 1.63 bits per heavy atom. The molecule has 5 heteroatoms. The van der Waals surface area contributed by atoms with Crippen LogP contribution in [-0.2, 0) is 14.3 Å². The number of ketones is 1. The molecule has 0 bridgehead atoms. The van der Waals surface area contributed by atoms with Crippen molar-refractivity contribution in [1.82, 2.24) is 0 Å². The maximum atomic E-state index is 14.3. The number of hydrogen-bond donors (Lipinski definition) is 2. The van der Waals surface area contributed by atoms with Gasteiger partial charge in [-0.25, -0.2) is 0 Å². The van der Waals surface area contributed by atoms with Crippen LogP contribution in [0.5, 0.6) is 0 Å². The largest absolute Gasteiger partial charge is 0.461 e. The van der Waals surface area contributed by atoms with Crippen LogP contribution < -0.4 is 0 Å². The van der Waals surface area contributed by atoms with E-state index in [0.717, 1.165) is 44.1 Å². The second-order valence-electron chi connectivity index (χ2n) is 15.2. The number of hydrogen-bond acceptors (Lipinski definition) is 5. The first-order valence-corrected chi connectivity index (χ1v) is 13.9. The Labute approximate surface area is 210 Å². The van der Waals surface area contributed by atoms with Crippen molar-refractivity contribution >= 4 is 11.8 Å². The second kappa shape index (κ2) is 6.43. The molecule has 5 aliphatic carbocycles. The molecule has 10 atom stereocenters. The van der Waals surface area contributed by atoms with E-state index in [1.807, 2.05) is 13.0 Å². The topological polar surface area (TPSA) is 83.8 Å². The number of rotatable bonds is 0. The van der Waals surface area contributed by atoms with E-state index in [2.05, 4.69) is 41.5 Å². The number of aliphatic hydroxyl groups excluding tert-OH is 1. The van der Waals surface area contributed by atoms with Gasteiger partial charge in [-0.05, 0) is 97.5 Å². The van der Waals surface area contributed by atoms with Crippen molar-refractivity contribution in [2.24, 2.45) is 44.3 Å². The molecular weight excluding hydrogens is 440 g/mol. The highest BCUT2D eigenvalue weighted by atomic mass is 16.6. The second-order valence-corrected chi connectivity index (χ2v) is 15.2. The summed E-state index contributed by atoms with van der Waals surface area (Å²) in [5.74, 6) is 0.104. The maximum absolute atomic E-state index is 14.3. The minimum atomic E-state index is -1.19. The smallest absolute Gasteiger partial charge is 0.316 e. The van der Waals surface area contributed by atoms with Crippen LogP contribution in [0, 0.1) is 44.3 Å². The molecule has 35 heavy (non-hydrogen) atoms. The zero-order valence-corrected chi connectivity index (χ0v) is 22.7. The molecule has 4 saturated carbocycles. The standard InChI is InChI=1S/C30H44O5/c1-24(2)18-8-11-29(7)22(26(18,4)10-9-20(24)32)17(31)14-19-28(29,6)13-12-25(3)15-21-27(5,23(33)35-21)16-30(19,25)34/h14,18,20-22,32,34H,8-13,15-16H2,1-7H3/t18-,20-,21+,22+,25-,26-,27-,28+,29+,30-/m0/s1. The predicted molar refractivity (Wildman–Crippen MR) is 132 cm³/mol. The minimum absolute atomic E-state index is 0.122. The average Bonchev–Trinajstić information content (AvgIpc) is 2.75. The van der Waals surface area contributed by atoms with Gasteiger partial charge in [-0.2, -0.15) is 0 Å². The Hall–Kier alpha value is -1.20. The monoisotopic (exact) mass is 484 g/mol. The Morgan fingerprint density at radius 3 is 2.29 bits per heavy atom. The normalized spacial score (nSPS) is 58.4. The first-order chi connectivity index (χ1) is 16.0. The number of ether oxygens (including phenoxy) is 1. The van der Waals surface area contributed by atoms with Crippen molar-refractivity contribution in [3.63, 3.8) is 0 Å². The third-order valence-electron chi connectivity index (χ3n) is 13.5. The van der Waals surface area contributed by atoms with Crippen molar-refractivity contribution in [3.05, 3.63) is 11.6 Å². The van der Waals surface area contributed by atoms with Gasteiger partial charge < -0.3 is 14.9 Å². The molecule has 0 spiro atoms. The average molecular weight is 485 g/mol. The Bertz CT molecular complexity index is 1060. The van der Waals surface area contributed by atoms with Crippen LogP contribution in [0.4, 0.5) is 0 Å². The Balaban J connectivity index is 1.49. The van der Waals surface area contributed by atoms with E-state index in [1.165, 1.54) is 0 Å². The third kappa shape index (κ3) is 2.45. The summed E-state index contributed by atoms with van der Waals surface area (Å²) in [6, 6.07) is 0. The molecule has 1 aliphatic heterocycles. The van der Waals surface area contributed by atoms with Gasteiger partial charge in [-0.15, -0.1) is 0 Å². The fourth-order valence-corrected chi connectivity index (χ4v) is 10.9. The SMILES string of the molecule is CC1(C)[C@@H](O)CC[C@]2(C)[C@H]3C(=O)C=C4[C@@](C)(CC[C@@]5(C)C[C@H]6OC(=O)[C@@]6(C)C[C@]45O)[C@]3(C)CC[C@@H]12. The van der Waals surface area contributed by atoms with E-state index in [1.54, 1.807) is 0 Å². The first kappa shape index (κ1) is 24.2. The van der Waals surface area contributed by atoms with Crippen molar-refractivity contribution in [2.75, 3.05) is 0 Å². The molecule has 0 amide bonds. The van der Waals surface area contributed by atoms with Gasteiger partial charge in [0.15, 0.2) is 5.78 Å². The quantitative estimate of drug-likeness (QED) is 0.474. The summed E-state index contributed by atoms with van der Waals surface area (Å²) in [5.41, 5.74) is -2.38. The number of carbonyl (C=O) groups is 2. The molecule has 194 valence electrons. The molecule has 0 radical (unpaired) electrons. The van der Waals surface area contributed by atoms with Crippen molar-refractivity contribution in [1.29, 1.82) is 0 Å². The lowest BCUT2D eigenvalue weighted by molar-refractivity contribution is -0.263. The summed E-state index contributed by atoms with van der Waals surface area (Å²) in [6.45, 7) is 15.4. The highest BCUT2D eigenvalue weighted by Crippen LogP contribution is 2.76. The van der Waals surface area contributed by atoms with Gasteiger partial charge >= 0.3 is 5.97 Å². The van der Waals surface area contributed by atoms with Crippen LogP contribution >= 0.6 is 0 Å². The van der Waals surface area contributed by atoms with Crippen LogP contribution in [0.3, 0.4) is 0 Å². The molecule has 0 aromatic carbocycles. The van der Waals surface area contributed by atoms with E-state index >= 15 is 0 Å². The lowest BCUT2D eigenvalue weighted by atomic mass is 9.32. The molecule has 5 fully saturated rings. The molecule has 1 heterocycles. The predicted octanol–water partition coefficient (Wildman–Crippen LogP) is 4.98. The molecule has 0 aromatic rings. The van der Waals surface area contributed by atoms with Crippen molar-refractivity contribution in [2.45, 2.75) is 118 Å². The molecule has 2 N–H and O–H groups in total. The van der Waals surface area contributed by atoms with Gasteiger partial charge in [0.25, 0.3) is 0 Å². The maximum Gasteiger partial charge on any atom is 0.316 e. The Morgan fingerprint density at radius 1 is 0.943 bits per heavy atom. The van der Waals surface area contributed by atoms with Crippen LogP contribution in [0.2, 0.25) is 0 Å². The van der Waals surface area contributed by atoms with E-state index in [0.29, 0.717) is 12.8 Å².